The van der Waals surface area contributed by atoms with E-state index in [4.69, 9.17) is 14.0 Å². The number of benzene rings is 1. The summed E-state index contributed by atoms with van der Waals surface area (Å²) >= 11 is 0. The summed E-state index contributed by atoms with van der Waals surface area (Å²) in [5, 5.41) is -0.488. The zero-order chi connectivity index (χ0) is 12.8. The first kappa shape index (κ1) is 11.3. The maximum atomic E-state index is 11.0. The average molecular weight is 270 g/mol. The van der Waals surface area contributed by atoms with Gasteiger partial charge in [0, 0.05) is 18.6 Å². The van der Waals surface area contributed by atoms with Crippen molar-refractivity contribution in [3.8, 4) is 11.5 Å². The van der Waals surface area contributed by atoms with Crippen LogP contribution < -0.4 is 9.47 Å². The Labute approximate surface area is 102 Å². The van der Waals surface area contributed by atoms with Crippen LogP contribution in [-0.4, -0.2) is 36.2 Å². The van der Waals surface area contributed by atoms with E-state index in [-0.39, 0.29) is 0 Å². The molecule has 96 valence electrons. The molecule has 7 nitrogen and oxygen atoms in total. The standard InChI is InChI=1S/C10H10N2O5S/c13-18(14,15)10-11-6-4-8-9(5-7(6)12-10)17-3-1-2-16-8/h4-5H,1-3H2,(H,11,12)(H,13,14,15). The topological polar surface area (TPSA) is 102 Å². The molecule has 0 atom stereocenters. The van der Waals surface area contributed by atoms with E-state index in [9.17, 15) is 8.42 Å². The van der Waals surface area contributed by atoms with Crippen LogP contribution in [0, 0.1) is 0 Å². The van der Waals surface area contributed by atoms with Crippen molar-refractivity contribution in [3.63, 3.8) is 0 Å². The van der Waals surface area contributed by atoms with Crippen LogP contribution in [0.4, 0.5) is 0 Å². The third-order valence-electron chi connectivity index (χ3n) is 2.57. The summed E-state index contributed by atoms with van der Waals surface area (Å²) in [6.07, 6.45) is 0.784. The molecular weight excluding hydrogens is 260 g/mol. The molecule has 18 heavy (non-hydrogen) atoms. The molecule has 0 unspecified atom stereocenters. The fourth-order valence-electron chi connectivity index (χ4n) is 1.77. The van der Waals surface area contributed by atoms with Gasteiger partial charge >= 0.3 is 10.1 Å². The van der Waals surface area contributed by atoms with Gasteiger partial charge in [-0.15, -0.1) is 0 Å². The smallest absolute Gasteiger partial charge is 0.328 e. The maximum Gasteiger partial charge on any atom is 0.328 e. The first-order valence-electron chi connectivity index (χ1n) is 5.31. The van der Waals surface area contributed by atoms with Crippen LogP contribution in [0.15, 0.2) is 17.3 Å². The van der Waals surface area contributed by atoms with Gasteiger partial charge in [0.05, 0.1) is 24.2 Å². The number of hydrogen-bond acceptors (Lipinski definition) is 5. The highest BCUT2D eigenvalue weighted by Crippen LogP contribution is 2.33. The molecule has 0 spiro atoms. The van der Waals surface area contributed by atoms with Crippen molar-refractivity contribution >= 4 is 21.2 Å². The fourth-order valence-corrected chi connectivity index (χ4v) is 2.22. The van der Waals surface area contributed by atoms with E-state index >= 15 is 0 Å². The van der Waals surface area contributed by atoms with E-state index < -0.39 is 15.3 Å². The number of nitrogens with one attached hydrogen (secondary N) is 1. The zero-order valence-electron chi connectivity index (χ0n) is 9.21. The summed E-state index contributed by atoms with van der Waals surface area (Å²) in [5.41, 5.74) is 0.860. The van der Waals surface area contributed by atoms with E-state index in [1.807, 2.05) is 0 Å². The lowest BCUT2D eigenvalue weighted by Gasteiger charge is -2.05. The number of H-pyrrole nitrogens is 1. The molecule has 0 fully saturated rings. The van der Waals surface area contributed by atoms with Crippen LogP contribution in [0.2, 0.25) is 0 Å². The van der Waals surface area contributed by atoms with Gasteiger partial charge in [-0.05, 0) is 0 Å². The molecule has 0 bridgehead atoms. The highest BCUT2D eigenvalue weighted by molar-refractivity contribution is 7.85. The highest BCUT2D eigenvalue weighted by Gasteiger charge is 2.18. The molecule has 0 saturated carbocycles. The lowest BCUT2D eigenvalue weighted by Crippen LogP contribution is -1.99. The maximum absolute atomic E-state index is 11.0. The Morgan fingerprint density at radius 1 is 1.22 bits per heavy atom. The van der Waals surface area contributed by atoms with Gasteiger partial charge in [0.25, 0.3) is 5.16 Å². The van der Waals surface area contributed by atoms with E-state index in [0.717, 1.165) is 6.42 Å². The summed E-state index contributed by atoms with van der Waals surface area (Å²) in [7, 11) is -4.34. The predicted molar refractivity (Wildman–Crippen MR) is 61.5 cm³/mol. The van der Waals surface area contributed by atoms with Crippen LogP contribution in [-0.2, 0) is 10.1 Å². The summed E-state index contributed by atoms with van der Waals surface area (Å²) in [4.78, 5) is 6.32. The summed E-state index contributed by atoms with van der Waals surface area (Å²) in [6.45, 7) is 1.08. The molecule has 8 heteroatoms. The van der Waals surface area contributed by atoms with Crippen LogP contribution in [0.25, 0.3) is 11.0 Å². The molecule has 2 aromatic rings. The number of ether oxygens (including phenoxy) is 2. The Kier molecular flexibility index (Phi) is 2.42. The molecule has 0 amide bonds. The average Bonchev–Trinajstić information content (AvgIpc) is 2.57. The lowest BCUT2D eigenvalue weighted by atomic mass is 10.3. The molecule has 2 N–H and O–H groups in total. The first-order valence-corrected chi connectivity index (χ1v) is 6.75. The molecule has 1 aromatic carbocycles. The second-order valence-electron chi connectivity index (χ2n) is 3.88. The minimum Gasteiger partial charge on any atom is -0.489 e. The van der Waals surface area contributed by atoms with Crippen molar-refractivity contribution in [2.45, 2.75) is 11.6 Å². The normalized spacial score (nSPS) is 15.6. The summed E-state index contributed by atoms with van der Waals surface area (Å²) in [5.74, 6) is 1.05. The SMILES string of the molecule is O=S(=O)(O)c1nc2cc3c(cc2[nH]1)OCCCO3. The number of aromatic amines is 1. The number of hydrogen-bond donors (Lipinski definition) is 2. The van der Waals surface area contributed by atoms with Crippen LogP contribution in [0.1, 0.15) is 6.42 Å². The van der Waals surface area contributed by atoms with Gasteiger partial charge < -0.3 is 14.5 Å². The molecule has 1 aliphatic heterocycles. The van der Waals surface area contributed by atoms with E-state index in [2.05, 4.69) is 9.97 Å². The Morgan fingerprint density at radius 3 is 2.56 bits per heavy atom. The van der Waals surface area contributed by atoms with E-state index in [1.165, 1.54) is 0 Å². The van der Waals surface area contributed by atoms with Gasteiger partial charge in [-0.2, -0.15) is 8.42 Å². The van der Waals surface area contributed by atoms with Crippen molar-refractivity contribution in [3.05, 3.63) is 12.1 Å². The Balaban J connectivity index is 2.18. The second-order valence-corrected chi connectivity index (χ2v) is 5.22. The third-order valence-corrected chi connectivity index (χ3v) is 3.26. The molecule has 0 radical (unpaired) electrons. The number of imidazole rings is 1. The van der Waals surface area contributed by atoms with Gasteiger partial charge in [-0.1, -0.05) is 0 Å². The largest absolute Gasteiger partial charge is 0.489 e. The minimum atomic E-state index is -4.34. The minimum absolute atomic E-state index is 0.395. The molecule has 3 rings (SSSR count). The molecular formula is C10H10N2O5S. The van der Waals surface area contributed by atoms with Crippen LogP contribution >= 0.6 is 0 Å². The second kappa shape index (κ2) is 3.85. The monoisotopic (exact) mass is 270 g/mol. The first-order chi connectivity index (χ1) is 8.54. The van der Waals surface area contributed by atoms with Gasteiger partial charge in [-0.25, -0.2) is 4.98 Å². The van der Waals surface area contributed by atoms with Crippen molar-refractivity contribution < 1.29 is 22.4 Å². The Morgan fingerprint density at radius 2 is 1.89 bits per heavy atom. The number of nitrogens with zero attached hydrogens (tertiary/aromatic N) is 1. The van der Waals surface area contributed by atoms with Gasteiger partial charge in [-0.3, -0.25) is 4.55 Å². The van der Waals surface area contributed by atoms with Crippen molar-refractivity contribution in [2.75, 3.05) is 13.2 Å². The number of aromatic nitrogens is 2. The molecule has 1 aromatic heterocycles. The molecule has 0 saturated heterocycles. The Hall–Kier alpha value is -1.80. The molecule has 1 aliphatic rings. The van der Waals surface area contributed by atoms with Gasteiger partial charge in [0.1, 0.15) is 0 Å². The van der Waals surface area contributed by atoms with Crippen molar-refractivity contribution in [1.82, 2.24) is 9.97 Å². The Bertz CT molecular complexity index is 663. The van der Waals surface area contributed by atoms with Crippen molar-refractivity contribution in [1.29, 1.82) is 0 Å². The van der Waals surface area contributed by atoms with E-state index in [1.54, 1.807) is 12.1 Å². The fraction of sp³-hybridized carbons (Fsp3) is 0.300. The molecule has 0 aliphatic carbocycles. The quantitative estimate of drug-likeness (QED) is 0.749. The van der Waals surface area contributed by atoms with Crippen molar-refractivity contribution in [2.24, 2.45) is 0 Å². The summed E-state index contributed by atoms with van der Waals surface area (Å²) < 4.78 is 41.8. The van der Waals surface area contributed by atoms with E-state index in [0.29, 0.717) is 35.7 Å². The highest BCUT2D eigenvalue weighted by atomic mass is 32.2. The molecule has 2 heterocycles. The zero-order valence-corrected chi connectivity index (χ0v) is 10.0. The van der Waals surface area contributed by atoms with Gasteiger partial charge in [0.2, 0.25) is 0 Å². The number of rotatable bonds is 1. The van der Waals surface area contributed by atoms with Gasteiger partial charge in [0.15, 0.2) is 11.5 Å². The third kappa shape index (κ3) is 1.89. The summed E-state index contributed by atoms with van der Waals surface area (Å²) in [6, 6.07) is 3.19. The predicted octanol–water partition coefficient (Wildman–Crippen LogP) is 0.971. The number of fused-ring (bicyclic) bond motifs is 2. The van der Waals surface area contributed by atoms with Crippen LogP contribution in [0.5, 0.6) is 11.5 Å². The lowest BCUT2D eigenvalue weighted by molar-refractivity contribution is 0.297. The van der Waals surface area contributed by atoms with Crippen LogP contribution in [0.3, 0.4) is 0 Å².